The highest BCUT2D eigenvalue weighted by atomic mass is 19.4. The lowest BCUT2D eigenvalue weighted by Gasteiger charge is -2.12. The molecule has 0 aliphatic rings. The molecule has 0 saturated carbocycles. The van der Waals surface area contributed by atoms with Crippen LogP contribution in [0, 0.1) is 6.92 Å². The van der Waals surface area contributed by atoms with Crippen molar-refractivity contribution in [3.05, 3.63) is 23.8 Å². The zero-order valence-electron chi connectivity index (χ0n) is 10.6. The van der Waals surface area contributed by atoms with E-state index in [2.05, 4.69) is 5.32 Å². The first kappa shape index (κ1) is 15.1. The summed E-state index contributed by atoms with van der Waals surface area (Å²) >= 11 is 0. The number of anilines is 1. The van der Waals surface area contributed by atoms with E-state index in [1.165, 1.54) is 7.11 Å². The summed E-state index contributed by atoms with van der Waals surface area (Å²) in [5, 5.41) is 4.55. The normalized spacial score (nSPS) is 11.0. The van der Waals surface area contributed by atoms with E-state index in [-0.39, 0.29) is 6.54 Å². The molecule has 0 atom stereocenters. The molecule has 0 radical (unpaired) electrons. The van der Waals surface area contributed by atoms with Gasteiger partial charge in [-0.1, -0.05) is 0 Å². The van der Waals surface area contributed by atoms with E-state index in [9.17, 15) is 18.0 Å². The number of halogens is 3. The van der Waals surface area contributed by atoms with Gasteiger partial charge in [0.25, 0.3) is 0 Å². The average Bonchev–Trinajstić information content (AvgIpc) is 2.34. The van der Waals surface area contributed by atoms with Gasteiger partial charge in [-0.3, -0.25) is 4.79 Å². The van der Waals surface area contributed by atoms with E-state index in [1.807, 2.05) is 0 Å². The molecule has 0 unspecified atom stereocenters. The summed E-state index contributed by atoms with van der Waals surface area (Å²) in [7, 11) is 1.53. The van der Waals surface area contributed by atoms with E-state index in [0.717, 1.165) is 5.56 Å². The Balaban J connectivity index is 2.46. The molecule has 0 saturated heterocycles. The minimum absolute atomic E-state index is 0.219. The minimum atomic E-state index is -4.40. The Labute approximate surface area is 108 Å². The molecule has 0 aromatic heterocycles. The van der Waals surface area contributed by atoms with E-state index in [4.69, 9.17) is 4.74 Å². The number of carbonyl (C=O) groups excluding carboxylic acids is 1. The number of benzene rings is 1. The third kappa shape index (κ3) is 5.50. The van der Waals surface area contributed by atoms with Crippen molar-refractivity contribution in [3.63, 3.8) is 0 Å². The number of alkyl halides is 3. The second-order valence-corrected chi connectivity index (χ2v) is 3.93. The molecule has 1 aromatic carbocycles. The number of nitrogens with one attached hydrogen (secondary N) is 2. The van der Waals surface area contributed by atoms with Crippen LogP contribution in [0.2, 0.25) is 0 Å². The Morgan fingerprint density at radius 3 is 2.58 bits per heavy atom. The van der Waals surface area contributed by atoms with Gasteiger partial charge >= 0.3 is 6.18 Å². The first-order chi connectivity index (χ1) is 8.81. The predicted molar refractivity (Wildman–Crippen MR) is 65.3 cm³/mol. The van der Waals surface area contributed by atoms with Crippen molar-refractivity contribution in [3.8, 4) is 5.75 Å². The number of ether oxygens (including phenoxy) is 1. The van der Waals surface area contributed by atoms with Crippen LogP contribution in [0.1, 0.15) is 5.56 Å². The third-order valence-electron chi connectivity index (χ3n) is 2.36. The Morgan fingerprint density at radius 1 is 1.37 bits per heavy atom. The monoisotopic (exact) mass is 276 g/mol. The summed E-state index contributed by atoms with van der Waals surface area (Å²) in [6.45, 7) is 0.261. The molecular weight excluding hydrogens is 261 g/mol. The topological polar surface area (TPSA) is 50.4 Å². The van der Waals surface area contributed by atoms with Gasteiger partial charge in [0, 0.05) is 5.69 Å². The van der Waals surface area contributed by atoms with Gasteiger partial charge in [0.05, 0.1) is 13.7 Å². The molecule has 0 spiro atoms. The fourth-order valence-corrected chi connectivity index (χ4v) is 1.40. The maximum absolute atomic E-state index is 11.9. The van der Waals surface area contributed by atoms with Crippen molar-refractivity contribution in [2.75, 3.05) is 25.5 Å². The van der Waals surface area contributed by atoms with Crippen LogP contribution in [-0.2, 0) is 4.79 Å². The van der Waals surface area contributed by atoms with Crippen molar-refractivity contribution in [2.45, 2.75) is 13.1 Å². The van der Waals surface area contributed by atoms with Gasteiger partial charge in [0.2, 0.25) is 5.91 Å². The summed E-state index contributed by atoms with van der Waals surface area (Å²) in [4.78, 5) is 11.2. The molecule has 0 aliphatic heterocycles. The first-order valence-electron chi connectivity index (χ1n) is 5.54. The highest BCUT2D eigenvalue weighted by molar-refractivity contribution is 5.81. The Bertz CT molecular complexity index is 447. The van der Waals surface area contributed by atoms with Crippen LogP contribution in [0.3, 0.4) is 0 Å². The molecule has 2 N–H and O–H groups in total. The predicted octanol–water partition coefficient (Wildman–Crippen LogP) is 2.09. The van der Waals surface area contributed by atoms with Crippen LogP contribution in [0.25, 0.3) is 0 Å². The van der Waals surface area contributed by atoms with Gasteiger partial charge in [-0.2, -0.15) is 13.2 Å². The first-order valence-corrected chi connectivity index (χ1v) is 5.54. The Kier molecular flexibility index (Phi) is 5.02. The van der Waals surface area contributed by atoms with Gasteiger partial charge in [0.15, 0.2) is 0 Å². The fraction of sp³-hybridized carbons (Fsp3) is 0.417. The highest BCUT2D eigenvalue weighted by Crippen LogP contribution is 2.20. The lowest BCUT2D eigenvalue weighted by Crippen LogP contribution is -2.37. The smallest absolute Gasteiger partial charge is 0.405 e. The van der Waals surface area contributed by atoms with Crippen molar-refractivity contribution in [1.29, 1.82) is 0 Å². The van der Waals surface area contributed by atoms with E-state index < -0.39 is 18.6 Å². The number of hydrogen-bond acceptors (Lipinski definition) is 3. The lowest BCUT2D eigenvalue weighted by atomic mass is 10.2. The summed E-state index contributed by atoms with van der Waals surface area (Å²) in [6, 6.07) is 5.16. The van der Waals surface area contributed by atoms with Gasteiger partial charge in [-0.25, -0.2) is 0 Å². The molecule has 1 rings (SSSR count). The maximum Gasteiger partial charge on any atom is 0.405 e. The number of aryl methyl sites for hydroxylation is 1. The SMILES string of the molecule is COc1ccc(NCC(=O)NCC(F)(F)F)c(C)c1. The molecule has 0 bridgehead atoms. The number of carbonyl (C=O) groups is 1. The fourth-order valence-electron chi connectivity index (χ4n) is 1.40. The van der Waals surface area contributed by atoms with Crippen LogP contribution in [0.15, 0.2) is 18.2 Å². The Hall–Kier alpha value is -1.92. The molecule has 0 fully saturated rings. The molecule has 0 aliphatic carbocycles. The summed E-state index contributed by atoms with van der Waals surface area (Å²) < 4.78 is 40.7. The largest absolute Gasteiger partial charge is 0.497 e. The zero-order valence-corrected chi connectivity index (χ0v) is 10.6. The molecule has 7 heteroatoms. The van der Waals surface area contributed by atoms with Crippen LogP contribution < -0.4 is 15.4 Å². The second kappa shape index (κ2) is 6.31. The van der Waals surface area contributed by atoms with E-state index in [1.54, 1.807) is 30.4 Å². The zero-order chi connectivity index (χ0) is 14.5. The average molecular weight is 276 g/mol. The summed E-state index contributed by atoms with van der Waals surface area (Å²) in [6.07, 6.45) is -4.40. The van der Waals surface area contributed by atoms with Crippen LogP contribution in [0.4, 0.5) is 18.9 Å². The van der Waals surface area contributed by atoms with Crippen molar-refractivity contribution in [1.82, 2.24) is 5.32 Å². The molecule has 4 nitrogen and oxygen atoms in total. The molecule has 1 aromatic rings. The van der Waals surface area contributed by atoms with Crippen molar-refractivity contribution >= 4 is 11.6 Å². The minimum Gasteiger partial charge on any atom is -0.497 e. The van der Waals surface area contributed by atoms with Gasteiger partial charge < -0.3 is 15.4 Å². The molecular formula is C12H15F3N2O2. The lowest BCUT2D eigenvalue weighted by molar-refractivity contribution is -0.137. The summed E-state index contributed by atoms with van der Waals surface area (Å²) in [5.74, 6) is -0.0443. The maximum atomic E-state index is 11.9. The molecule has 19 heavy (non-hydrogen) atoms. The number of amides is 1. The van der Waals surface area contributed by atoms with Crippen LogP contribution >= 0.6 is 0 Å². The van der Waals surface area contributed by atoms with Gasteiger partial charge in [-0.15, -0.1) is 0 Å². The number of rotatable bonds is 5. The van der Waals surface area contributed by atoms with E-state index >= 15 is 0 Å². The van der Waals surface area contributed by atoms with Gasteiger partial charge in [0.1, 0.15) is 12.3 Å². The number of hydrogen-bond donors (Lipinski definition) is 2. The third-order valence-corrected chi connectivity index (χ3v) is 2.36. The van der Waals surface area contributed by atoms with Gasteiger partial charge in [-0.05, 0) is 30.7 Å². The van der Waals surface area contributed by atoms with Crippen molar-refractivity contribution in [2.24, 2.45) is 0 Å². The number of methoxy groups -OCH3 is 1. The van der Waals surface area contributed by atoms with Crippen LogP contribution in [0.5, 0.6) is 5.75 Å². The van der Waals surface area contributed by atoms with Crippen LogP contribution in [-0.4, -0.2) is 32.3 Å². The molecule has 106 valence electrons. The second-order valence-electron chi connectivity index (χ2n) is 3.93. The highest BCUT2D eigenvalue weighted by Gasteiger charge is 2.27. The van der Waals surface area contributed by atoms with E-state index in [0.29, 0.717) is 11.4 Å². The Morgan fingerprint density at radius 2 is 2.05 bits per heavy atom. The molecule has 1 amide bonds. The standard InChI is InChI=1S/C12H15F3N2O2/c1-8-5-9(19-2)3-4-10(8)16-6-11(18)17-7-12(13,14)15/h3-5,16H,6-7H2,1-2H3,(H,17,18). The summed E-state index contributed by atoms with van der Waals surface area (Å²) in [5.41, 5.74) is 1.51. The van der Waals surface area contributed by atoms with Crippen molar-refractivity contribution < 1.29 is 22.7 Å². The molecule has 0 heterocycles. The quantitative estimate of drug-likeness (QED) is 0.866.